The number of nitrogens with zero attached hydrogens (tertiary/aromatic N) is 2. The van der Waals surface area contributed by atoms with Crippen LogP contribution in [0, 0.1) is 0 Å². The van der Waals surface area contributed by atoms with Crippen molar-refractivity contribution in [1.82, 2.24) is 5.32 Å². The molecule has 2 N–H and O–H groups in total. The average molecular weight is 535 g/mol. The second-order valence-corrected chi connectivity index (χ2v) is 10.9. The zero-order valence-corrected chi connectivity index (χ0v) is 23.8. The van der Waals surface area contributed by atoms with E-state index in [2.05, 4.69) is 33.4 Å². The fourth-order valence-electron chi connectivity index (χ4n) is 5.77. The van der Waals surface area contributed by atoms with E-state index in [4.69, 9.17) is 4.74 Å². The van der Waals surface area contributed by atoms with Crippen LogP contribution in [-0.4, -0.2) is 51.1 Å². The molecule has 0 atom stereocenters. The van der Waals surface area contributed by atoms with Crippen LogP contribution in [0.2, 0.25) is 0 Å². The molecule has 1 saturated heterocycles. The zero-order valence-electron chi connectivity index (χ0n) is 23.8. The molecule has 0 radical (unpaired) electrons. The molecule has 2 amide bonds. The fraction of sp³-hybridized carbons (Fsp3) is 0.562. The average Bonchev–Trinajstić information content (AvgIpc) is 2.97. The summed E-state index contributed by atoms with van der Waals surface area (Å²) in [7, 11) is 1.71. The number of carbonyl (C=O) groups is 2. The Morgan fingerprint density at radius 3 is 2.28 bits per heavy atom. The molecular weight excluding hydrogens is 488 g/mol. The van der Waals surface area contributed by atoms with Gasteiger partial charge in [0, 0.05) is 50.0 Å². The van der Waals surface area contributed by atoms with Crippen LogP contribution in [0.5, 0.6) is 5.75 Å². The highest BCUT2D eigenvalue weighted by molar-refractivity contribution is 6.02. The lowest BCUT2D eigenvalue weighted by molar-refractivity contribution is -0.116. The van der Waals surface area contributed by atoms with Crippen molar-refractivity contribution in [1.29, 1.82) is 0 Å². The molecule has 7 nitrogen and oxygen atoms in total. The summed E-state index contributed by atoms with van der Waals surface area (Å²) in [5.74, 6) is 0.854. The van der Waals surface area contributed by atoms with Gasteiger partial charge in [0.15, 0.2) is 0 Å². The van der Waals surface area contributed by atoms with E-state index in [1.54, 1.807) is 7.11 Å². The first-order valence-electron chi connectivity index (χ1n) is 15.0. The number of hydrogen-bond acceptors (Lipinski definition) is 5. The summed E-state index contributed by atoms with van der Waals surface area (Å²) in [6.07, 6.45) is 11.7. The van der Waals surface area contributed by atoms with Gasteiger partial charge in [0.05, 0.1) is 18.4 Å². The number of anilines is 3. The van der Waals surface area contributed by atoms with E-state index < -0.39 is 0 Å². The maximum atomic E-state index is 13.6. The van der Waals surface area contributed by atoms with E-state index in [-0.39, 0.29) is 17.9 Å². The van der Waals surface area contributed by atoms with Crippen LogP contribution in [0.15, 0.2) is 42.5 Å². The Balaban J connectivity index is 1.46. The van der Waals surface area contributed by atoms with Gasteiger partial charge in [-0.05, 0) is 49.6 Å². The fourth-order valence-corrected chi connectivity index (χ4v) is 5.77. The van der Waals surface area contributed by atoms with Gasteiger partial charge in [-0.15, -0.1) is 0 Å². The molecule has 0 spiro atoms. The molecule has 39 heavy (non-hydrogen) atoms. The number of ether oxygens (including phenoxy) is 1. The third-order valence-electron chi connectivity index (χ3n) is 8.02. The number of benzene rings is 2. The molecule has 212 valence electrons. The molecule has 4 rings (SSSR count). The first kappa shape index (κ1) is 28.8. The molecule has 1 aliphatic carbocycles. The lowest BCUT2D eigenvalue weighted by Gasteiger charge is -2.38. The maximum Gasteiger partial charge on any atom is 0.253 e. The van der Waals surface area contributed by atoms with Crippen molar-refractivity contribution in [3.8, 4) is 5.75 Å². The highest BCUT2D eigenvalue weighted by atomic mass is 16.5. The van der Waals surface area contributed by atoms with E-state index in [9.17, 15) is 9.59 Å². The summed E-state index contributed by atoms with van der Waals surface area (Å²) in [5.41, 5.74) is 3.37. The van der Waals surface area contributed by atoms with Crippen molar-refractivity contribution in [3.63, 3.8) is 0 Å². The first-order chi connectivity index (χ1) is 19.1. The standard InChI is InChI=1S/C32H46N4O3/c1-3-4-5-6-10-17-31(37)33-26-18-19-28(27(24-26)32(38)34-25-13-8-7-9-14-25)35-20-22-36(23-21-35)29-15-11-12-16-30(29)39-2/h11-12,15-16,18-19,24-25H,3-10,13-14,17,20-23H2,1-2H3,(H,33,37)(H,34,38). The Kier molecular flexibility index (Phi) is 10.9. The number of rotatable bonds is 12. The van der Waals surface area contributed by atoms with Gasteiger partial charge in [0.1, 0.15) is 5.75 Å². The summed E-state index contributed by atoms with van der Waals surface area (Å²) in [4.78, 5) is 30.8. The Hall–Kier alpha value is -3.22. The third-order valence-corrected chi connectivity index (χ3v) is 8.02. The second-order valence-electron chi connectivity index (χ2n) is 10.9. The van der Waals surface area contributed by atoms with Crippen LogP contribution in [0.25, 0.3) is 0 Å². The summed E-state index contributed by atoms with van der Waals surface area (Å²) in [6, 6.07) is 14.2. The predicted molar refractivity (Wildman–Crippen MR) is 160 cm³/mol. The highest BCUT2D eigenvalue weighted by Gasteiger charge is 2.25. The van der Waals surface area contributed by atoms with Crippen LogP contribution in [0.3, 0.4) is 0 Å². The SMILES string of the molecule is CCCCCCCC(=O)Nc1ccc(N2CCN(c3ccccc3OC)CC2)c(C(=O)NC2CCCCC2)c1. The predicted octanol–water partition coefficient (Wildman–Crippen LogP) is 6.38. The van der Waals surface area contributed by atoms with Crippen LogP contribution in [0.1, 0.15) is 87.9 Å². The molecule has 2 aromatic rings. The van der Waals surface area contributed by atoms with E-state index in [0.717, 1.165) is 81.8 Å². The molecule has 1 saturated carbocycles. The second kappa shape index (κ2) is 14.8. The number of carbonyl (C=O) groups excluding carboxylic acids is 2. The van der Waals surface area contributed by atoms with E-state index >= 15 is 0 Å². The van der Waals surface area contributed by atoms with Gasteiger partial charge in [0.25, 0.3) is 5.91 Å². The maximum absolute atomic E-state index is 13.6. The first-order valence-corrected chi connectivity index (χ1v) is 15.0. The summed E-state index contributed by atoms with van der Waals surface area (Å²) in [5, 5.41) is 6.34. The van der Waals surface area contributed by atoms with Gasteiger partial charge < -0.3 is 25.2 Å². The molecule has 1 heterocycles. The quantitative estimate of drug-likeness (QED) is 0.309. The minimum Gasteiger partial charge on any atom is -0.495 e. The number of nitrogens with one attached hydrogen (secondary N) is 2. The Morgan fingerprint density at radius 1 is 0.872 bits per heavy atom. The van der Waals surface area contributed by atoms with Crippen molar-refractivity contribution in [2.75, 3.05) is 48.4 Å². The summed E-state index contributed by atoms with van der Waals surface area (Å²) in [6.45, 7) is 5.45. The summed E-state index contributed by atoms with van der Waals surface area (Å²) >= 11 is 0. The van der Waals surface area contributed by atoms with Crippen molar-refractivity contribution < 1.29 is 14.3 Å². The lowest BCUT2D eigenvalue weighted by Crippen LogP contribution is -2.47. The van der Waals surface area contributed by atoms with Crippen LogP contribution in [0.4, 0.5) is 17.1 Å². The number of unbranched alkanes of at least 4 members (excludes halogenated alkanes) is 4. The number of piperazine rings is 1. The van der Waals surface area contributed by atoms with Crippen molar-refractivity contribution in [3.05, 3.63) is 48.0 Å². The van der Waals surface area contributed by atoms with Gasteiger partial charge in [-0.2, -0.15) is 0 Å². The molecule has 0 aromatic heterocycles. The Bertz CT molecular complexity index is 1070. The Morgan fingerprint density at radius 2 is 1.56 bits per heavy atom. The zero-order chi connectivity index (χ0) is 27.5. The van der Waals surface area contributed by atoms with Crippen molar-refractivity contribution in [2.24, 2.45) is 0 Å². The number of amides is 2. The monoisotopic (exact) mass is 534 g/mol. The summed E-state index contributed by atoms with van der Waals surface area (Å²) < 4.78 is 5.58. The number of hydrogen-bond donors (Lipinski definition) is 2. The molecule has 7 heteroatoms. The van der Waals surface area contributed by atoms with Crippen molar-refractivity contribution >= 4 is 28.9 Å². The largest absolute Gasteiger partial charge is 0.495 e. The smallest absolute Gasteiger partial charge is 0.253 e. The molecule has 2 fully saturated rings. The Labute approximate surface area is 234 Å². The minimum absolute atomic E-state index is 0.0170. The number of methoxy groups -OCH3 is 1. The molecule has 2 aromatic carbocycles. The highest BCUT2D eigenvalue weighted by Crippen LogP contribution is 2.31. The minimum atomic E-state index is -0.0419. The molecule has 2 aliphatic rings. The van der Waals surface area contributed by atoms with Crippen LogP contribution < -0.4 is 25.2 Å². The normalized spacial score (nSPS) is 16.2. The van der Waals surface area contributed by atoms with Gasteiger partial charge in [-0.3, -0.25) is 9.59 Å². The number of para-hydroxylation sites is 2. The van der Waals surface area contributed by atoms with E-state index in [1.165, 1.54) is 25.7 Å². The molecule has 0 unspecified atom stereocenters. The van der Waals surface area contributed by atoms with Gasteiger partial charge >= 0.3 is 0 Å². The van der Waals surface area contributed by atoms with Gasteiger partial charge in [-0.1, -0.05) is 64.0 Å². The molecular formula is C32H46N4O3. The molecule has 0 bridgehead atoms. The van der Waals surface area contributed by atoms with Gasteiger partial charge in [-0.25, -0.2) is 0 Å². The molecule has 1 aliphatic heterocycles. The van der Waals surface area contributed by atoms with Gasteiger partial charge in [0.2, 0.25) is 5.91 Å². The van der Waals surface area contributed by atoms with E-state index in [1.807, 2.05) is 36.4 Å². The third kappa shape index (κ3) is 8.13. The van der Waals surface area contributed by atoms with Crippen LogP contribution in [-0.2, 0) is 4.79 Å². The lowest BCUT2D eigenvalue weighted by atomic mass is 9.95. The topological polar surface area (TPSA) is 73.9 Å². The van der Waals surface area contributed by atoms with Crippen molar-refractivity contribution in [2.45, 2.75) is 83.6 Å². The van der Waals surface area contributed by atoms with Crippen LogP contribution >= 0.6 is 0 Å². The van der Waals surface area contributed by atoms with E-state index in [0.29, 0.717) is 17.7 Å².